The van der Waals surface area contributed by atoms with Gasteiger partial charge in [0.05, 0.1) is 0 Å². The number of aryl methyl sites for hydroxylation is 1. The molecule has 0 aliphatic rings. The zero-order valence-electron chi connectivity index (χ0n) is 11.5. The number of nitrogens with one attached hydrogen (secondary N) is 2. The molecule has 0 saturated heterocycles. The fraction of sp³-hybridized carbons (Fsp3) is 0.357. The van der Waals surface area contributed by atoms with E-state index in [1.54, 1.807) is 19.1 Å². The number of amides is 2. The van der Waals surface area contributed by atoms with Crippen LogP contribution in [-0.4, -0.2) is 28.9 Å². The van der Waals surface area contributed by atoms with E-state index in [1.165, 1.54) is 0 Å². The van der Waals surface area contributed by atoms with Crippen LogP contribution in [0.25, 0.3) is 0 Å². The van der Waals surface area contributed by atoms with Crippen molar-refractivity contribution in [1.29, 1.82) is 0 Å². The van der Waals surface area contributed by atoms with E-state index in [-0.39, 0.29) is 18.9 Å². The first-order valence-corrected chi connectivity index (χ1v) is 6.29. The van der Waals surface area contributed by atoms with Crippen molar-refractivity contribution in [1.82, 2.24) is 5.32 Å². The van der Waals surface area contributed by atoms with Gasteiger partial charge in [0.15, 0.2) is 0 Å². The number of anilines is 1. The normalized spacial score (nSPS) is 11.5. The van der Waals surface area contributed by atoms with E-state index >= 15 is 0 Å². The number of benzene rings is 1. The summed E-state index contributed by atoms with van der Waals surface area (Å²) in [7, 11) is 0. The van der Waals surface area contributed by atoms with E-state index in [4.69, 9.17) is 5.11 Å². The zero-order valence-corrected chi connectivity index (χ0v) is 11.5. The average Bonchev–Trinajstić information content (AvgIpc) is 2.39. The molecule has 0 aliphatic heterocycles. The van der Waals surface area contributed by atoms with Gasteiger partial charge in [-0.25, -0.2) is 0 Å². The summed E-state index contributed by atoms with van der Waals surface area (Å²) in [6.07, 6.45) is 0.222. The Morgan fingerprint density at radius 2 is 1.75 bits per heavy atom. The van der Waals surface area contributed by atoms with E-state index in [1.807, 2.05) is 19.1 Å². The molecule has 0 aliphatic carbocycles. The van der Waals surface area contributed by atoms with Gasteiger partial charge in [0.25, 0.3) is 0 Å². The molecule has 0 spiro atoms. The molecule has 0 radical (unpaired) electrons. The van der Waals surface area contributed by atoms with Crippen molar-refractivity contribution >= 4 is 23.5 Å². The maximum atomic E-state index is 11.6. The molecule has 1 aromatic carbocycles. The molecule has 1 atom stereocenters. The maximum absolute atomic E-state index is 11.6. The number of hydrogen-bond donors (Lipinski definition) is 3. The third kappa shape index (κ3) is 5.51. The third-order valence-corrected chi connectivity index (χ3v) is 2.68. The lowest BCUT2D eigenvalue weighted by atomic mass is 10.2. The van der Waals surface area contributed by atoms with Gasteiger partial charge in [-0.05, 0) is 32.4 Å². The average molecular weight is 278 g/mol. The topological polar surface area (TPSA) is 95.5 Å². The van der Waals surface area contributed by atoms with Gasteiger partial charge in [-0.15, -0.1) is 0 Å². The molecular formula is C14H18N2O4. The largest absolute Gasteiger partial charge is 0.481 e. The lowest BCUT2D eigenvalue weighted by Gasteiger charge is -2.12. The summed E-state index contributed by atoms with van der Waals surface area (Å²) in [5.74, 6) is -2.48. The van der Waals surface area contributed by atoms with Crippen LogP contribution in [0, 0.1) is 6.92 Å². The molecule has 1 unspecified atom stereocenters. The fourth-order valence-corrected chi connectivity index (χ4v) is 1.53. The van der Waals surface area contributed by atoms with Crippen molar-refractivity contribution < 1.29 is 19.5 Å². The van der Waals surface area contributed by atoms with Gasteiger partial charge in [-0.1, -0.05) is 17.7 Å². The van der Waals surface area contributed by atoms with Gasteiger partial charge in [-0.2, -0.15) is 0 Å². The quantitative estimate of drug-likeness (QED) is 0.707. The monoisotopic (exact) mass is 278 g/mol. The number of hydrogen-bond acceptors (Lipinski definition) is 3. The second-order valence-electron chi connectivity index (χ2n) is 4.63. The zero-order chi connectivity index (χ0) is 15.1. The summed E-state index contributed by atoms with van der Waals surface area (Å²) in [4.78, 5) is 33.6. The summed E-state index contributed by atoms with van der Waals surface area (Å²) >= 11 is 0. The van der Waals surface area contributed by atoms with Crippen LogP contribution in [0.5, 0.6) is 0 Å². The number of carbonyl (C=O) groups excluding carboxylic acids is 2. The summed E-state index contributed by atoms with van der Waals surface area (Å²) in [5.41, 5.74) is 1.59. The van der Waals surface area contributed by atoms with Crippen molar-refractivity contribution in [2.24, 2.45) is 0 Å². The van der Waals surface area contributed by atoms with Gasteiger partial charge < -0.3 is 15.7 Å². The minimum atomic E-state index is -0.935. The van der Waals surface area contributed by atoms with E-state index in [0.29, 0.717) is 5.69 Å². The first kappa shape index (κ1) is 15.7. The highest BCUT2D eigenvalue weighted by molar-refractivity contribution is 6.39. The van der Waals surface area contributed by atoms with Gasteiger partial charge in [0.2, 0.25) is 0 Å². The standard InChI is InChI=1S/C14H18N2O4/c1-9-3-6-11(7-4-9)16-14(20)13(19)15-10(2)5-8-12(17)18/h3-4,6-7,10H,5,8H2,1-2H3,(H,15,19)(H,16,20)(H,17,18). The van der Waals surface area contributed by atoms with Gasteiger partial charge in [0, 0.05) is 18.2 Å². The second-order valence-corrected chi connectivity index (χ2v) is 4.63. The van der Waals surface area contributed by atoms with Crippen molar-refractivity contribution in [3.8, 4) is 0 Å². The predicted molar refractivity (Wildman–Crippen MR) is 74.3 cm³/mol. The molecule has 1 rings (SSSR count). The highest BCUT2D eigenvalue weighted by Crippen LogP contribution is 2.08. The Hall–Kier alpha value is -2.37. The van der Waals surface area contributed by atoms with Crippen LogP contribution >= 0.6 is 0 Å². The van der Waals surface area contributed by atoms with Crippen molar-refractivity contribution in [2.45, 2.75) is 32.7 Å². The highest BCUT2D eigenvalue weighted by Gasteiger charge is 2.16. The summed E-state index contributed by atoms with van der Waals surface area (Å²) in [5, 5.41) is 13.5. The molecule has 2 amide bonds. The Kier molecular flexibility index (Phi) is 5.71. The maximum Gasteiger partial charge on any atom is 0.313 e. The second kappa shape index (κ2) is 7.28. The number of carboxylic acid groups (broad SMARTS) is 1. The molecule has 0 aromatic heterocycles. The van der Waals surface area contributed by atoms with Gasteiger partial charge in [0.1, 0.15) is 0 Å². The van der Waals surface area contributed by atoms with Crippen LogP contribution in [0.3, 0.4) is 0 Å². The smallest absolute Gasteiger partial charge is 0.313 e. The van der Waals surface area contributed by atoms with Crippen molar-refractivity contribution in [3.05, 3.63) is 29.8 Å². The minimum absolute atomic E-state index is 0.0545. The van der Waals surface area contributed by atoms with E-state index in [2.05, 4.69) is 10.6 Å². The molecule has 6 heteroatoms. The number of carboxylic acids is 1. The highest BCUT2D eigenvalue weighted by atomic mass is 16.4. The molecule has 0 fully saturated rings. The van der Waals surface area contributed by atoms with Gasteiger partial charge in [-0.3, -0.25) is 14.4 Å². The summed E-state index contributed by atoms with van der Waals surface area (Å²) < 4.78 is 0. The lowest BCUT2D eigenvalue weighted by molar-refractivity contribution is -0.138. The number of rotatable bonds is 5. The Morgan fingerprint density at radius 3 is 2.30 bits per heavy atom. The predicted octanol–water partition coefficient (Wildman–Crippen LogP) is 1.30. The van der Waals surface area contributed by atoms with Crippen LogP contribution in [0.2, 0.25) is 0 Å². The molecule has 20 heavy (non-hydrogen) atoms. The number of aliphatic carboxylic acids is 1. The van der Waals surface area contributed by atoms with Crippen molar-refractivity contribution in [3.63, 3.8) is 0 Å². The minimum Gasteiger partial charge on any atom is -0.481 e. The Morgan fingerprint density at radius 1 is 1.15 bits per heavy atom. The Labute approximate surface area is 117 Å². The lowest BCUT2D eigenvalue weighted by Crippen LogP contribution is -2.40. The molecule has 0 bridgehead atoms. The SMILES string of the molecule is Cc1ccc(NC(=O)C(=O)NC(C)CCC(=O)O)cc1. The van der Waals surface area contributed by atoms with Crippen LogP contribution < -0.4 is 10.6 Å². The molecule has 108 valence electrons. The summed E-state index contributed by atoms with van der Waals surface area (Å²) in [6, 6.07) is 6.68. The molecular weight excluding hydrogens is 260 g/mol. The summed E-state index contributed by atoms with van der Waals surface area (Å²) in [6.45, 7) is 3.57. The van der Waals surface area contributed by atoms with E-state index in [9.17, 15) is 14.4 Å². The van der Waals surface area contributed by atoms with Crippen molar-refractivity contribution in [2.75, 3.05) is 5.32 Å². The third-order valence-electron chi connectivity index (χ3n) is 2.68. The Balaban J connectivity index is 2.44. The first-order chi connectivity index (χ1) is 9.38. The molecule has 3 N–H and O–H groups in total. The van der Waals surface area contributed by atoms with Crippen LogP contribution in [-0.2, 0) is 14.4 Å². The first-order valence-electron chi connectivity index (χ1n) is 6.29. The molecule has 1 aromatic rings. The Bertz CT molecular complexity index is 496. The van der Waals surface area contributed by atoms with Crippen LogP contribution in [0.15, 0.2) is 24.3 Å². The number of carbonyl (C=O) groups is 3. The fourth-order valence-electron chi connectivity index (χ4n) is 1.53. The molecule has 0 heterocycles. The van der Waals surface area contributed by atoms with E-state index in [0.717, 1.165) is 5.56 Å². The molecule has 0 saturated carbocycles. The molecule has 6 nitrogen and oxygen atoms in total. The van der Waals surface area contributed by atoms with Gasteiger partial charge >= 0.3 is 17.8 Å². The van der Waals surface area contributed by atoms with Crippen LogP contribution in [0.1, 0.15) is 25.3 Å². The van der Waals surface area contributed by atoms with E-state index < -0.39 is 17.8 Å². The van der Waals surface area contributed by atoms with Crippen LogP contribution in [0.4, 0.5) is 5.69 Å².